The maximum Gasteiger partial charge on any atom is 0.221 e. The van der Waals surface area contributed by atoms with E-state index in [-0.39, 0.29) is 5.62 Å². The van der Waals surface area contributed by atoms with Crippen LogP contribution in [0.25, 0.3) is 0 Å². The first-order valence-electron chi connectivity index (χ1n) is 2.43. The molecule has 0 spiro atoms. The van der Waals surface area contributed by atoms with Gasteiger partial charge in [-0.15, -0.1) is 0 Å². The quantitative estimate of drug-likeness (QED) is 0.566. The van der Waals surface area contributed by atoms with Crippen LogP contribution >= 0.6 is 11.6 Å². The Hall–Kier alpha value is -0.830. The molecule has 0 amide bonds. The summed E-state index contributed by atoms with van der Waals surface area (Å²) in [6.45, 7) is 0. The molecule has 48 valence electrons. The SMILES string of the molecule is Cn1cc(Cl)cnc1=N. The summed E-state index contributed by atoms with van der Waals surface area (Å²) >= 11 is 5.55. The maximum atomic E-state index is 7.11. The molecule has 0 fully saturated rings. The number of aryl methyl sites for hydroxylation is 1. The Morgan fingerprint density at radius 3 is 2.89 bits per heavy atom. The topological polar surface area (TPSA) is 41.7 Å². The first-order chi connectivity index (χ1) is 4.20. The van der Waals surface area contributed by atoms with Gasteiger partial charge in [0.05, 0.1) is 11.2 Å². The molecule has 0 saturated heterocycles. The summed E-state index contributed by atoms with van der Waals surface area (Å²) in [5.41, 5.74) is 0.208. The van der Waals surface area contributed by atoms with Crippen molar-refractivity contribution in [2.75, 3.05) is 0 Å². The number of nitrogens with one attached hydrogen (secondary N) is 1. The van der Waals surface area contributed by atoms with Crippen molar-refractivity contribution in [3.63, 3.8) is 0 Å². The van der Waals surface area contributed by atoms with Crippen molar-refractivity contribution in [1.82, 2.24) is 9.55 Å². The Balaban J connectivity index is 3.34. The number of nitrogens with zero attached hydrogens (tertiary/aromatic N) is 2. The summed E-state index contributed by atoms with van der Waals surface area (Å²) in [5.74, 6) is 0. The van der Waals surface area contributed by atoms with Crippen molar-refractivity contribution < 1.29 is 0 Å². The summed E-state index contributed by atoms with van der Waals surface area (Å²) in [4.78, 5) is 3.68. The van der Waals surface area contributed by atoms with Crippen LogP contribution in [-0.4, -0.2) is 9.55 Å². The van der Waals surface area contributed by atoms with Crippen molar-refractivity contribution in [3.8, 4) is 0 Å². The van der Waals surface area contributed by atoms with Crippen molar-refractivity contribution >= 4 is 11.6 Å². The summed E-state index contributed by atoms with van der Waals surface area (Å²) in [6.07, 6.45) is 3.08. The van der Waals surface area contributed by atoms with Crippen molar-refractivity contribution in [2.24, 2.45) is 7.05 Å². The van der Waals surface area contributed by atoms with E-state index in [1.165, 1.54) is 6.20 Å². The van der Waals surface area contributed by atoms with Crippen LogP contribution in [0.4, 0.5) is 0 Å². The molecule has 3 nitrogen and oxygen atoms in total. The zero-order chi connectivity index (χ0) is 6.85. The molecule has 1 aromatic rings. The Morgan fingerprint density at radius 2 is 2.44 bits per heavy atom. The third-order valence-electron chi connectivity index (χ3n) is 0.961. The van der Waals surface area contributed by atoms with Gasteiger partial charge in [-0.2, -0.15) is 0 Å². The molecule has 9 heavy (non-hydrogen) atoms. The van der Waals surface area contributed by atoms with E-state index in [1.807, 2.05) is 0 Å². The normalized spacial score (nSPS) is 9.56. The third-order valence-corrected chi connectivity index (χ3v) is 1.16. The van der Waals surface area contributed by atoms with Gasteiger partial charge in [0, 0.05) is 13.2 Å². The second-order valence-corrected chi connectivity index (χ2v) is 2.14. The number of hydrogen-bond acceptors (Lipinski definition) is 2. The van der Waals surface area contributed by atoms with E-state index < -0.39 is 0 Å². The van der Waals surface area contributed by atoms with Gasteiger partial charge >= 0.3 is 0 Å². The zero-order valence-electron chi connectivity index (χ0n) is 4.93. The molecule has 1 heterocycles. The van der Waals surface area contributed by atoms with Gasteiger partial charge in [0.1, 0.15) is 0 Å². The molecule has 4 heteroatoms. The molecule has 1 rings (SSSR count). The molecular weight excluding hydrogens is 138 g/mol. The summed E-state index contributed by atoms with van der Waals surface area (Å²) in [7, 11) is 1.72. The lowest BCUT2D eigenvalue weighted by molar-refractivity contribution is 0.762. The van der Waals surface area contributed by atoms with Crippen LogP contribution in [0, 0.1) is 5.41 Å². The molecule has 0 atom stereocenters. The number of rotatable bonds is 0. The van der Waals surface area contributed by atoms with E-state index in [0.717, 1.165) is 0 Å². The van der Waals surface area contributed by atoms with Gasteiger partial charge in [0.2, 0.25) is 5.62 Å². The first kappa shape index (κ1) is 6.29. The van der Waals surface area contributed by atoms with Crippen LogP contribution in [0.1, 0.15) is 0 Å². The summed E-state index contributed by atoms with van der Waals surface area (Å²) in [5, 5.41) is 7.66. The lowest BCUT2D eigenvalue weighted by atomic mass is 10.6. The second-order valence-electron chi connectivity index (χ2n) is 1.71. The fourth-order valence-electron chi connectivity index (χ4n) is 0.493. The van der Waals surface area contributed by atoms with E-state index >= 15 is 0 Å². The smallest absolute Gasteiger partial charge is 0.221 e. The van der Waals surface area contributed by atoms with Crippen LogP contribution in [0.2, 0.25) is 5.02 Å². The minimum absolute atomic E-state index is 0.208. The molecule has 0 unspecified atom stereocenters. The van der Waals surface area contributed by atoms with Gasteiger partial charge in [0.25, 0.3) is 0 Å². The van der Waals surface area contributed by atoms with E-state index in [4.69, 9.17) is 17.0 Å². The van der Waals surface area contributed by atoms with Gasteiger partial charge < -0.3 is 4.57 Å². The van der Waals surface area contributed by atoms with Gasteiger partial charge in [-0.25, -0.2) is 4.98 Å². The molecule has 0 saturated carbocycles. The number of halogens is 1. The minimum atomic E-state index is 0.208. The maximum absolute atomic E-state index is 7.11. The molecular formula is C5H6ClN3. The minimum Gasteiger partial charge on any atom is -0.319 e. The monoisotopic (exact) mass is 143 g/mol. The van der Waals surface area contributed by atoms with Crippen LogP contribution in [0.3, 0.4) is 0 Å². The molecule has 0 aliphatic heterocycles. The van der Waals surface area contributed by atoms with Crippen LogP contribution < -0.4 is 5.62 Å². The molecule has 0 radical (unpaired) electrons. The highest BCUT2D eigenvalue weighted by molar-refractivity contribution is 6.30. The molecule has 0 aliphatic rings. The molecule has 0 aromatic carbocycles. The molecule has 1 aromatic heterocycles. The first-order valence-corrected chi connectivity index (χ1v) is 2.81. The Kier molecular flexibility index (Phi) is 1.53. The van der Waals surface area contributed by atoms with Gasteiger partial charge in [-0.1, -0.05) is 11.6 Å². The lowest BCUT2D eigenvalue weighted by Gasteiger charge is -1.94. The largest absolute Gasteiger partial charge is 0.319 e. The fourth-order valence-corrected chi connectivity index (χ4v) is 0.689. The standard InChI is InChI=1S/C5H6ClN3/c1-9-3-4(6)2-8-5(9)7/h2-3,7H,1H3. The van der Waals surface area contributed by atoms with E-state index in [0.29, 0.717) is 5.02 Å². The van der Waals surface area contributed by atoms with Crippen LogP contribution in [-0.2, 0) is 7.05 Å². The highest BCUT2D eigenvalue weighted by Crippen LogP contribution is 1.99. The van der Waals surface area contributed by atoms with Crippen LogP contribution in [0.15, 0.2) is 12.4 Å². The van der Waals surface area contributed by atoms with Crippen LogP contribution in [0.5, 0.6) is 0 Å². The molecule has 0 bridgehead atoms. The number of hydrogen-bond donors (Lipinski definition) is 1. The van der Waals surface area contributed by atoms with Crippen molar-refractivity contribution in [2.45, 2.75) is 0 Å². The van der Waals surface area contributed by atoms with Crippen molar-refractivity contribution in [3.05, 3.63) is 23.0 Å². The average molecular weight is 144 g/mol. The van der Waals surface area contributed by atoms with Gasteiger partial charge in [0.15, 0.2) is 0 Å². The van der Waals surface area contributed by atoms with E-state index in [2.05, 4.69) is 4.98 Å². The third kappa shape index (κ3) is 1.29. The van der Waals surface area contributed by atoms with Gasteiger partial charge in [-0.05, 0) is 0 Å². The Morgan fingerprint density at radius 1 is 1.78 bits per heavy atom. The van der Waals surface area contributed by atoms with Gasteiger partial charge in [-0.3, -0.25) is 5.41 Å². The predicted octanol–water partition coefficient (Wildman–Crippen LogP) is 0.553. The Bertz CT molecular complexity index is 265. The zero-order valence-corrected chi connectivity index (χ0v) is 5.68. The predicted molar refractivity (Wildman–Crippen MR) is 34.1 cm³/mol. The average Bonchev–Trinajstić information content (AvgIpc) is 1.80. The number of aromatic nitrogens is 2. The molecule has 1 N–H and O–H groups in total. The van der Waals surface area contributed by atoms with E-state index in [9.17, 15) is 0 Å². The summed E-state index contributed by atoms with van der Waals surface area (Å²) < 4.78 is 1.54. The van der Waals surface area contributed by atoms with E-state index in [1.54, 1.807) is 17.8 Å². The highest BCUT2D eigenvalue weighted by atomic mass is 35.5. The Labute approximate surface area is 57.4 Å². The fraction of sp³-hybridized carbons (Fsp3) is 0.200. The lowest BCUT2D eigenvalue weighted by Crippen LogP contribution is -2.18. The second kappa shape index (κ2) is 2.19. The van der Waals surface area contributed by atoms with Crippen molar-refractivity contribution in [1.29, 1.82) is 5.41 Å². The summed E-state index contributed by atoms with van der Waals surface area (Å²) in [6, 6.07) is 0. The molecule has 0 aliphatic carbocycles. The highest BCUT2D eigenvalue weighted by Gasteiger charge is 1.86.